The molecule has 1 atom stereocenters. The van der Waals surface area contributed by atoms with Crippen LogP contribution < -0.4 is 4.31 Å². The van der Waals surface area contributed by atoms with Gasteiger partial charge in [0.2, 0.25) is 0 Å². The molecule has 1 N–H and O–H groups in total. The lowest BCUT2D eigenvalue weighted by atomic mass is 10.1. The molecule has 0 saturated carbocycles. The van der Waals surface area contributed by atoms with Gasteiger partial charge in [-0.05, 0) is 11.6 Å². The van der Waals surface area contributed by atoms with E-state index in [-0.39, 0.29) is 6.42 Å². The SMILES string of the molecule is CCN(CC)S(=O)(=O)N1c2ccccc2C[C@H]1C(=O)O. The number of anilines is 1. The van der Waals surface area contributed by atoms with Crippen LogP contribution in [0, 0.1) is 0 Å². The van der Waals surface area contributed by atoms with E-state index in [9.17, 15) is 18.3 Å². The van der Waals surface area contributed by atoms with Crippen molar-refractivity contribution in [1.29, 1.82) is 0 Å². The molecule has 1 aliphatic rings. The van der Waals surface area contributed by atoms with Crippen LogP contribution >= 0.6 is 0 Å². The highest BCUT2D eigenvalue weighted by Crippen LogP contribution is 2.35. The second-order valence-electron chi connectivity index (χ2n) is 4.57. The Morgan fingerprint density at radius 3 is 2.50 bits per heavy atom. The van der Waals surface area contributed by atoms with Crippen molar-refractivity contribution in [2.45, 2.75) is 26.3 Å². The van der Waals surface area contributed by atoms with Gasteiger partial charge in [-0.15, -0.1) is 0 Å². The zero-order valence-electron chi connectivity index (χ0n) is 11.5. The quantitative estimate of drug-likeness (QED) is 0.882. The number of para-hydroxylation sites is 1. The van der Waals surface area contributed by atoms with Crippen LogP contribution in [0.2, 0.25) is 0 Å². The van der Waals surface area contributed by atoms with Gasteiger partial charge in [0, 0.05) is 19.5 Å². The maximum absolute atomic E-state index is 12.7. The number of nitrogens with zero attached hydrogens (tertiary/aromatic N) is 2. The summed E-state index contributed by atoms with van der Waals surface area (Å²) < 4.78 is 27.6. The topological polar surface area (TPSA) is 77.9 Å². The van der Waals surface area contributed by atoms with Gasteiger partial charge >= 0.3 is 16.2 Å². The molecule has 0 aromatic heterocycles. The Balaban J connectivity index is 2.54. The van der Waals surface area contributed by atoms with Gasteiger partial charge in [-0.25, -0.2) is 9.10 Å². The highest BCUT2D eigenvalue weighted by Gasteiger charge is 2.43. The number of hydrogen-bond donors (Lipinski definition) is 1. The van der Waals surface area contributed by atoms with Crippen LogP contribution in [0.5, 0.6) is 0 Å². The normalized spacial score (nSPS) is 18.4. The molecule has 0 bridgehead atoms. The lowest BCUT2D eigenvalue weighted by molar-refractivity contribution is -0.138. The third kappa shape index (κ3) is 2.27. The van der Waals surface area contributed by atoms with Crippen molar-refractivity contribution < 1.29 is 18.3 Å². The zero-order chi connectivity index (χ0) is 14.9. The molecule has 1 aliphatic heterocycles. The Labute approximate surface area is 118 Å². The first-order chi connectivity index (χ1) is 9.43. The van der Waals surface area contributed by atoms with Crippen molar-refractivity contribution in [3.8, 4) is 0 Å². The molecule has 1 aromatic rings. The predicted octanol–water partition coefficient (Wildman–Crippen LogP) is 1.09. The lowest BCUT2D eigenvalue weighted by Crippen LogP contribution is -2.50. The number of hydrogen-bond acceptors (Lipinski definition) is 3. The first-order valence-corrected chi connectivity index (χ1v) is 7.93. The number of carbonyl (C=O) groups is 1. The number of carboxylic acids is 1. The van der Waals surface area contributed by atoms with Gasteiger partial charge < -0.3 is 5.11 Å². The van der Waals surface area contributed by atoms with Crippen LogP contribution in [0.25, 0.3) is 0 Å². The first kappa shape index (κ1) is 14.8. The van der Waals surface area contributed by atoms with Gasteiger partial charge in [0.05, 0.1) is 5.69 Å². The highest BCUT2D eigenvalue weighted by molar-refractivity contribution is 7.90. The smallest absolute Gasteiger partial charge is 0.327 e. The minimum absolute atomic E-state index is 0.200. The molecule has 0 unspecified atom stereocenters. The van der Waals surface area contributed by atoms with Crippen molar-refractivity contribution in [2.24, 2.45) is 0 Å². The van der Waals surface area contributed by atoms with E-state index < -0.39 is 22.2 Å². The molecule has 0 fully saturated rings. The minimum Gasteiger partial charge on any atom is -0.480 e. The van der Waals surface area contributed by atoms with Gasteiger partial charge in [-0.2, -0.15) is 12.7 Å². The van der Waals surface area contributed by atoms with Crippen molar-refractivity contribution >= 4 is 21.9 Å². The van der Waals surface area contributed by atoms with Crippen LogP contribution in [0.4, 0.5) is 5.69 Å². The standard InChI is InChI=1S/C13H18N2O4S/c1-3-14(4-2)20(18,19)15-11-8-6-5-7-10(11)9-12(15)13(16)17/h5-8,12H,3-4,9H2,1-2H3,(H,16,17)/t12-/m0/s1. The van der Waals surface area contributed by atoms with Gasteiger partial charge in [-0.3, -0.25) is 0 Å². The summed E-state index contributed by atoms with van der Waals surface area (Å²) in [6.07, 6.45) is 0.200. The van der Waals surface area contributed by atoms with Crippen molar-refractivity contribution in [2.75, 3.05) is 17.4 Å². The summed E-state index contributed by atoms with van der Waals surface area (Å²) in [7, 11) is -3.82. The van der Waals surface area contributed by atoms with Crippen molar-refractivity contribution in [1.82, 2.24) is 4.31 Å². The van der Waals surface area contributed by atoms with E-state index in [4.69, 9.17) is 0 Å². The second-order valence-corrected chi connectivity index (χ2v) is 6.38. The Bertz CT molecular complexity index is 611. The molecule has 1 aromatic carbocycles. The molecular formula is C13H18N2O4S. The summed E-state index contributed by atoms with van der Waals surface area (Å²) >= 11 is 0. The van der Waals surface area contributed by atoms with Crippen LogP contribution in [0.3, 0.4) is 0 Å². The van der Waals surface area contributed by atoms with Gasteiger partial charge in [0.25, 0.3) is 0 Å². The van der Waals surface area contributed by atoms with Gasteiger partial charge in [-0.1, -0.05) is 32.0 Å². The molecule has 2 rings (SSSR count). The van der Waals surface area contributed by atoms with Crippen LogP contribution in [0.1, 0.15) is 19.4 Å². The highest BCUT2D eigenvalue weighted by atomic mass is 32.2. The maximum atomic E-state index is 12.7. The predicted molar refractivity (Wildman–Crippen MR) is 75.9 cm³/mol. The number of aliphatic carboxylic acids is 1. The van der Waals surface area contributed by atoms with Crippen molar-refractivity contribution in [3.63, 3.8) is 0 Å². The number of rotatable bonds is 5. The summed E-state index contributed by atoms with van der Waals surface area (Å²) in [5, 5.41) is 9.32. The summed E-state index contributed by atoms with van der Waals surface area (Å²) in [6, 6.07) is 5.85. The molecule has 110 valence electrons. The average molecular weight is 298 g/mol. The fourth-order valence-electron chi connectivity index (χ4n) is 2.50. The van der Waals surface area contributed by atoms with E-state index in [0.29, 0.717) is 18.8 Å². The third-order valence-electron chi connectivity index (χ3n) is 3.49. The third-order valence-corrected chi connectivity index (χ3v) is 5.61. The fraction of sp³-hybridized carbons (Fsp3) is 0.462. The minimum atomic E-state index is -3.82. The van der Waals surface area contributed by atoms with E-state index in [2.05, 4.69) is 0 Å². The first-order valence-electron chi connectivity index (χ1n) is 6.53. The summed E-state index contributed by atoms with van der Waals surface area (Å²) in [4.78, 5) is 11.4. The largest absolute Gasteiger partial charge is 0.480 e. The fourth-order valence-corrected chi connectivity index (χ4v) is 4.32. The molecular weight excluding hydrogens is 280 g/mol. The molecule has 7 heteroatoms. The van der Waals surface area contributed by atoms with Crippen LogP contribution in [0.15, 0.2) is 24.3 Å². The molecule has 20 heavy (non-hydrogen) atoms. The average Bonchev–Trinajstić information content (AvgIpc) is 2.79. The number of fused-ring (bicyclic) bond motifs is 1. The molecule has 0 amide bonds. The molecule has 0 aliphatic carbocycles. The molecule has 1 heterocycles. The van der Waals surface area contributed by atoms with E-state index in [1.54, 1.807) is 38.1 Å². The van der Waals surface area contributed by atoms with Crippen LogP contribution in [-0.4, -0.2) is 42.9 Å². The summed E-state index contributed by atoms with van der Waals surface area (Å²) in [5.74, 6) is -1.13. The molecule has 0 spiro atoms. The van der Waals surface area contributed by atoms with E-state index in [1.807, 2.05) is 0 Å². The zero-order valence-corrected chi connectivity index (χ0v) is 12.3. The second kappa shape index (κ2) is 5.41. The van der Waals surface area contributed by atoms with E-state index >= 15 is 0 Å². The Kier molecular flexibility index (Phi) is 4.01. The van der Waals surface area contributed by atoms with E-state index in [0.717, 1.165) is 9.87 Å². The number of benzene rings is 1. The number of carboxylic acid groups (broad SMARTS) is 1. The monoisotopic (exact) mass is 298 g/mol. The Morgan fingerprint density at radius 2 is 1.95 bits per heavy atom. The van der Waals surface area contributed by atoms with Crippen LogP contribution in [-0.2, 0) is 21.4 Å². The molecule has 0 radical (unpaired) electrons. The summed E-state index contributed by atoms with van der Waals surface area (Å²) in [6.45, 7) is 4.09. The van der Waals surface area contributed by atoms with Crippen molar-refractivity contribution in [3.05, 3.63) is 29.8 Å². The van der Waals surface area contributed by atoms with E-state index in [1.165, 1.54) is 4.31 Å². The lowest BCUT2D eigenvalue weighted by Gasteiger charge is -2.30. The summed E-state index contributed by atoms with van der Waals surface area (Å²) in [5.41, 5.74) is 1.21. The Morgan fingerprint density at radius 1 is 1.35 bits per heavy atom. The molecule has 0 saturated heterocycles. The molecule has 6 nitrogen and oxygen atoms in total. The van der Waals surface area contributed by atoms with Gasteiger partial charge in [0.1, 0.15) is 6.04 Å². The Hall–Kier alpha value is -1.60. The maximum Gasteiger partial charge on any atom is 0.327 e. The van der Waals surface area contributed by atoms with Gasteiger partial charge in [0.15, 0.2) is 0 Å².